The van der Waals surface area contributed by atoms with E-state index in [4.69, 9.17) is 4.74 Å². The van der Waals surface area contributed by atoms with E-state index >= 15 is 0 Å². The zero-order valence-corrected chi connectivity index (χ0v) is 17.4. The summed E-state index contributed by atoms with van der Waals surface area (Å²) in [4.78, 5) is 27.2. The highest BCUT2D eigenvalue weighted by Crippen LogP contribution is 2.24. The average Bonchev–Trinajstić information content (AvgIpc) is 2.99. The molecule has 0 saturated carbocycles. The summed E-state index contributed by atoms with van der Waals surface area (Å²) in [7, 11) is 0. The summed E-state index contributed by atoms with van der Waals surface area (Å²) in [5.74, 6) is -0.575. The van der Waals surface area contributed by atoms with Gasteiger partial charge in [0.2, 0.25) is 0 Å². The highest BCUT2D eigenvalue weighted by atomic mass is 16.5. The SMILES string of the molecule is Cc1ccc(C)n1-c1ccc(C(=O)O[C@@H](C)C(=O)N2[C@H](C)CCC[C@@H]2C)cc1. The van der Waals surface area contributed by atoms with E-state index in [2.05, 4.69) is 30.5 Å². The van der Waals surface area contributed by atoms with Gasteiger partial charge in [-0.3, -0.25) is 4.79 Å². The van der Waals surface area contributed by atoms with Gasteiger partial charge < -0.3 is 14.2 Å². The first-order chi connectivity index (χ1) is 13.3. The minimum Gasteiger partial charge on any atom is -0.449 e. The Bertz CT molecular complexity index is 824. The lowest BCUT2D eigenvalue weighted by molar-refractivity contribution is -0.146. The van der Waals surface area contributed by atoms with Crippen LogP contribution in [0.15, 0.2) is 36.4 Å². The van der Waals surface area contributed by atoms with E-state index in [0.717, 1.165) is 36.3 Å². The van der Waals surface area contributed by atoms with Crippen molar-refractivity contribution in [2.24, 2.45) is 0 Å². The van der Waals surface area contributed by atoms with Crippen molar-refractivity contribution in [1.29, 1.82) is 0 Å². The first-order valence-electron chi connectivity index (χ1n) is 10.1. The quantitative estimate of drug-likeness (QED) is 0.735. The van der Waals surface area contributed by atoms with Crippen LogP contribution in [0.25, 0.3) is 5.69 Å². The van der Waals surface area contributed by atoms with E-state index in [-0.39, 0.29) is 18.0 Å². The molecule has 3 atom stereocenters. The van der Waals surface area contributed by atoms with Crippen molar-refractivity contribution in [2.75, 3.05) is 0 Å². The van der Waals surface area contributed by atoms with Gasteiger partial charge in [-0.15, -0.1) is 0 Å². The largest absolute Gasteiger partial charge is 0.449 e. The zero-order chi connectivity index (χ0) is 20.4. The topological polar surface area (TPSA) is 51.5 Å². The molecule has 150 valence electrons. The number of carbonyl (C=O) groups excluding carboxylic acids is 2. The van der Waals surface area contributed by atoms with E-state index in [1.165, 1.54) is 0 Å². The Kier molecular flexibility index (Phi) is 5.92. The van der Waals surface area contributed by atoms with Gasteiger partial charge in [0.1, 0.15) is 0 Å². The lowest BCUT2D eigenvalue weighted by atomic mass is 9.97. The standard InChI is InChI=1S/C23H30N2O3/c1-15-7-6-8-16(2)25(15)22(26)19(5)28-23(27)20-11-13-21(14-12-20)24-17(3)9-10-18(24)4/h9-16,19H,6-8H2,1-5H3/t15-,16+,19-/m0/s1. The van der Waals surface area contributed by atoms with Crippen LogP contribution in [0.3, 0.4) is 0 Å². The molecule has 1 aromatic heterocycles. The van der Waals surface area contributed by atoms with E-state index < -0.39 is 12.1 Å². The number of carbonyl (C=O) groups is 2. The van der Waals surface area contributed by atoms with Crippen LogP contribution in [-0.2, 0) is 9.53 Å². The molecule has 1 amide bonds. The molecule has 28 heavy (non-hydrogen) atoms. The lowest BCUT2D eigenvalue weighted by Gasteiger charge is -2.40. The molecule has 0 unspecified atom stereocenters. The van der Waals surface area contributed by atoms with E-state index in [0.29, 0.717) is 5.56 Å². The van der Waals surface area contributed by atoms with Gasteiger partial charge in [-0.05, 0) is 90.3 Å². The Morgan fingerprint density at radius 1 is 0.964 bits per heavy atom. The van der Waals surface area contributed by atoms with Gasteiger partial charge in [0.25, 0.3) is 5.91 Å². The number of ether oxygens (including phenoxy) is 1. The number of benzene rings is 1. The molecule has 1 fully saturated rings. The first kappa shape index (κ1) is 20.2. The predicted octanol–water partition coefficient (Wildman–Crippen LogP) is 4.43. The Morgan fingerprint density at radius 2 is 1.50 bits per heavy atom. The number of hydrogen-bond donors (Lipinski definition) is 0. The van der Waals surface area contributed by atoms with Crippen LogP contribution in [0.5, 0.6) is 0 Å². The minimum atomic E-state index is -0.788. The van der Waals surface area contributed by atoms with Crippen LogP contribution < -0.4 is 0 Å². The van der Waals surface area contributed by atoms with Crippen molar-refractivity contribution in [3.8, 4) is 5.69 Å². The van der Waals surface area contributed by atoms with Gasteiger partial charge in [-0.1, -0.05) is 0 Å². The van der Waals surface area contributed by atoms with Gasteiger partial charge in [0.15, 0.2) is 6.10 Å². The number of amides is 1. The predicted molar refractivity (Wildman–Crippen MR) is 110 cm³/mol. The maximum Gasteiger partial charge on any atom is 0.338 e. The van der Waals surface area contributed by atoms with Crippen LogP contribution in [0.4, 0.5) is 0 Å². The van der Waals surface area contributed by atoms with E-state index in [9.17, 15) is 9.59 Å². The first-order valence-corrected chi connectivity index (χ1v) is 10.1. The van der Waals surface area contributed by atoms with Crippen LogP contribution >= 0.6 is 0 Å². The maximum absolute atomic E-state index is 12.8. The van der Waals surface area contributed by atoms with Crippen LogP contribution in [0, 0.1) is 13.8 Å². The number of hydrogen-bond acceptors (Lipinski definition) is 3. The number of nitrogens with zero attached hydrogens (tertiary/aromatic N) is 2. The number of aryl methyl sites for hydroxylation is 2. The third-order valence-electron chi connectivity index (χ3n) is 5.71. The molecule has 0 N–H and O–H groups in total. The minimum absolute atomic E-state index is 0.108. The number of aromatic nitrogens is 1. The molecule has 0 radical (unpaired) electrons. The molecule has 3 rings (SSSR count). The Balaban J connectivity index is 1.68. The summed E-state index contributed by atoms with van der Waals surface area (Å²) in [5, 5.41) is 0. The van der Waals surface area contributed by atoms with Crippen molar-refractivity contribution in [3.05, 3.63) is 53.3 Å². The molecule has 2 heterocycles. The fourth-order valence-electron chi connectivity index (χ4n) is 4.17. The van der Waals surface area contributed by atoms with E-state index in [1.54, 1.807) is 19.1 Å². The molecule has 1 aliphatic rings. The van der Waals surface area contributed by atoms with Crippen molar-refractivity contribution >= 4 is 11.9 Å². The summed E-state index contributed by atoms with van der Waals surface area (Å²) in [5.41, 5.74) is 3.72. The summed E-state index contributed by atoms with van der Waals surface area (Å²) in [6.07, 6.45) is 2.34. The molecule has 0 aliphatic carbocycles. The molecular formula is C23H30N2O3. The monoisotopic (exact) mass is 382 g/mol. The van der Waals surface area contributed by atoms with Gasteiger partial charge in [0.05, 0.1) is 5.56 Å². The number of esters is 1. The smallest absolute Gasteiger partial charge is 0.338 e. The summed E-state index contributed by atoms with van der Waals surface area (Å²) < 4.78 is 7.61. The van der Waals surface area contributed by atoms with Gasteiger partial charge >= 0.3 is 5.97 Å². The fraction of sp³-hybridized carbons (Fsp3) is 0.478. The highest BCUT2D eigenvalue weighted by Gasteiger charge is 2.33. The van der Waals surface area contributed by atoms with Crippen molar-refractivity contribution in [3.63, 3.8) is 0 Å². The lowest BCUT2D eigenvalue weighted by Crippen LogP contribution is -2.51. The second-order valence-corrected chi connectivity index (χ2v) is 7.92. The number of rotatable bonds is 4. The Morgan fingerprint density at radius 3 is 2.04 bits per heavy atom. The fourth-order valence-corrected chi connectivity index (χ4v) is 4.17. The van der Waals surface area contributed by atoms with E-state index in [1.807, 2.05) is 30.9 Å². The molecule has 1 saturated heterocycles. The van der Waals surface area contributed by atoms with Crippen molar-refractivity contribution in [2.45, 2.75) is 72.1 Å². The summed E-state index contributed by atoms with van der Waals surface area (Å²) >= 11 is 0. The molecule has 1 aliphatic heterocycles. The molecule has 5 nitrogen and oxygen atoms in total. The zero-order valence-electron chi connectivity index (χ0n) is 17.4. The Hall–Kier alpha value is -2.56. The molecule has 0 bridgehead atoms. The third-order valence-corrected chi connectivity index (χ3v) is 5.71. The van der Waals surface area contributed by atoms with Gasteiger partial charge in [0, 0.05) is 29.2 Å². The summed E-state index contributed by atoms with van der Waals surface area (Å²) in [6.45, 7) is 9.88. The average molecular weight is 383 g/mol. The second kappa shape index (κ2) is 8.21. The van der Waals surface area contributed by atoms with Crippen LogP contribution in [-0.4, -0.2) is 39.5 Å². The van der Waals surface area contributed by atoms with Crippen molar-refractivity contribution < 1.29 is 14.3 Å². The number of likely N-dealkylation sites (tertiary alicyclic amines) is 1. The third kappa shape index (κ3) is 3.98. The van der Waals surface area contributed by atoms with Gasteiger partial charge in [-0.25, -0.2) is 4.79 Å². The molecule has 0 spiro atoms. The van der Waals surface area contributed by atoms with Crippen LogP contribution in [0.2, 0.25) is 0 Å². The number of piperidine rings is 1. The normalized spacial score (nSPS) is 20.7. The maximum atomic E-state index is 12.8. The highest BCUT2D eigenvalue weighted by molar-refractivity contribution is 5.92. The molecular weight excluding hydrogens is 352 g/mol. The van der Waals surface area contributed by atoms with Crippen molar-refractivity contribution in [1.82, 2.24) is 9.47 Å². The second-order valence-electron chi connectivity index (χ2n) is 7.92. The molecule has 1 aromatic carbocycles. The van der Waals surface area contributed by atoms with Gasteiger partial charge in [-0.2, -0.15) is 0 Å². The molecule has 5 heteroatoms. The Labute approximate surface area is 167 Å². The van der Waals surface area contributed by atoms with Crippen LogP contribution in [0.1, 0.15) is 61.8 Å². The summed E-state index contributed by atoms with van der Waals surface area (Å²) in [6, 6.07) is 11.8. The molecule has 2 aromatic rings.